The van der Waals surface area contributed by atoms with Crippen LogP contribution in [0.15, 0.2) is 0 Å². The highest BCUT2D eigenvalue weighted by atomic mass is 16.6. The van der Waals surface area contributed by atoms with Crippen LogP contribution in [0.3, 0.4) is 0 Å². The van der Waals surface area contributed by atoms with Crippen LogP contribution in [0, 0.1) is 5.92 Å². The lowest BCUT2D eigenvalue weighted by molar-refractivity contribution is -0.132. The lowest BCUT2D eigenvalue weighted by atomic mass is 10.0. The summed E-state index contributed by atoms with van der Waals surface area (Å²) in [5, 5.41) is 7.63. The SMILES string of the molecule is CCOCCOCCOCCOCCC(=O)NC(C(=O)NC(CCCNC(N)=O)C(N)=O)C(C)C. The Kier molecular flexibility index (Phi) is 19.4. The third-order valence-corrected chi connectivity index (χ3v) is 4.69. The molecule has 0 fully saturated rings. The quantitative estimate of drug-likeness (QED) is 0.116. The Morgan fingerprint density at radius 2 is 1.34 bits per heavy atom. The summed E-state index contributed by atoms with van der Waals surface area (Å²) in [6.45, 7) is 9.23. The van der Waals surface area contributed by atoms with Gasteiger partial charge in [0, 0.05) is 19.6 Å². The summed E-state index contributed by atoms with van der Waals surface area (Å²) >= 11 is 0. The molecular weight excluding hydrogens is 462 g/mol. The van der Waals surface area contributed by atoms with E-state index in [1.165, 1.54) is 0 Å². The maximum Gasteiger partial charge on any atom is 0.312 e. The summed E-state index contributed by atoms with van der Waals surface area (Å²) in [5.41, 5.74) is 10.4. The maximum atomic E-state index is 12.7. The van der Waals surface area contributed by atoms with Crippen LogP contribution in [0.5, 0.6) is 0 Å². The Morgan fingerprint density at radius 3 is 1.83 bits per heavy atom. The molecule has 7 N–H and O–H groups in total. The predicted octanol–water partition coefficient (Wildman–Crippen LogP) is -0.978. The molecule has 0 radical (unpaired) electrons. The van der Waals surface area contributed by atoms with Crippen LogP contribution in [-0.4, -0.2) is 95.2 Å². The number of carbonyl (C=O) groups excluding carboxylic acids is 4. The lowest BCUT2D eigenvalue weighted by Crippen LogP contribution is -2.54. The minimum atomic E-state index is -0.936. The van der Waals surface area contributed by atoms with Gasteiger partial charge in [0.15, 0.2) is 0 Å². The van der Waals surface area contributed by atoms with Gasteiger partial charge in [-0.25, -0.2) is 4.79 Å². The van der Waals surface area contributed by atoms with Crippen LogP contribution in [-0.2, 0) is 33.3 Å². The lowest BCUT2D eigenvalue weighted by Gasteiger charge is -2.24. The van der Waals surface area contributed by atoms with Crippen LogP contribution in [0.25, 0.3) is 0 Å². The summed E-state index contributed by atoms with van der Waals surface area (Å²) in [6.07, 6.45) is 0.669. The molecule has 0 aliphatic carbocycles. The van der Waals surface area contributed by atoms with Crippen LogP contribution in [0.4, 0.5) is 4.79 Å². The zero-order valence-electron chi connectivity index (χ0n) is 21.1. The van der Waals surface area contributed by atoms with Gasteiger partial charge in [-0.2, -0.15) is 0 Å². The highest BCUT2D eigenvalue weighted by Crippen LogP contribution is 2.05. The standard InChI is InChI=1S/C22H43N5O8/c1-4-32-10-11-34-14-15-35-13-12-33-9-7-18(28)27-19(16(2)3)21(30)26-17(20(23)29)6-5-8-25-22(24)31/h16-17,19H,4-15H2,1-3H3,(H2,23,29)(H,26,30)(H,27,28)(H3,24,25,31). The molecule has 0 saturated carbocycles. The van der Waals surface area contributed by atoms with Gasteiger partial charge in [0.1, 0.15) is 12.1 Å². The molecule has 13 heteroatoms. The minimum Gasteiger partial charge on any atom is -0.379 e. The van der Waals surface area contributed by atoms with E-state index in [2.05, 4.69) is 16.0 Å². The Balaban J connectivity index is 4.18. The van der Waals surface area contributed by atoms with Crippen molar-refractivity contribution in [2.45, 2.75) is 52.1 Å². The second-order valence-electron chi connectivity index (χ2n) is 7.97. The summed E-state index contributed by atoms with van der Waals surface area (Å²) in [6, 6.07) is -2.46. The zero-order chi connectivity index (χ0) is 26.5. The summed E-state index contributed by atoms with van der Waals surface area (Å²) in [4.78, 5) is 47.3. The highest BCUT2D eigenvalue weighted by molar-refractivity contribution is 5.91. The van der Waals surface area contributed by atoms with E-state index in [0.29, 0.717) is 52.7 Å². The van der Waals surface area contributed by atoms with Crippen molar-refractivity contribution in [1.82, 2.24) is 16.0 Å². The molecule has 0 heterocycles. The normalized spacial score (nSPS) is 12.7. The molecule has 0 spiro atoms. The second-order valence-corrected chi connectivity index (χ2v) is 7.97. The fraction of sp³-hybridized carbons (Fsp3) is 0.818. The van der Waals surface area contributed by atoms with E-state index < -0.39 is 29.9 Å². The number of nitrogens with one attached hydrogen (secondary N) is 3. The average molecular weight is 506 g/mol. The van der Waals surface area contributed by atoms with Gasteiger partial charge >= 0.3 is 6.03 Å². The van der Waals surface area contributed by atoms with Crippen LogP contribution >= 0.6 is 0 Å². The monoisotopic (exact) mass is 505 g/mol. The van der Waals surface area contributed by atoms with E-state index in [1.807, 2.05) is 6.92 Å². The molecule has 0 aromatic carbocycles. The van der Waals surface area contributed by atoms with Gasteiger partial charge in [0.25, 0.3) is 0 Å². The van der Waals surface area contributed by atoms with Gasteiger partial charge in [-0.1, -0.05) is 13.8 Å². The number of rotatable bonds is 22. The molecule has 0 aromatic heterocycles. The third-order valence-electron chi connectivity index (χ3n) is 4.69. The number of primary amides is 2. The maximum absolute atomic E-state index is 12.7. The fourth-order valence-corrected chi connectivity index (χ4v) is 2.81. The van der Waals surface area contributed by atoms with Gasteiger partial charge < -0.3 is 46.4 Å². The van der Waals surface area contributed by atoms with E-state index in [1.54, 1.807) is 13.8 Å². The number of carbonyl (C=O) groups is 4. The van der Waals surface area contributed by atoms with E-state index >= 15 is 0 Å². The summed E-state index contributed by atoms with van der Waals surface area (Å²) in [7, 11) is 0. The number of hydrogen-bond donors (Lipinski definition) is 5. The van der Waals surface area contributed by atoms with Crippen molar-refractivity contribution in [1.29, 1.82) is 0 Å². The Hall–Kier alpha value is -2.48. The van der Waals surface area contributed by atoms with Gasteiger partial charge in [-0.05, 0) is 25.7 Å². The van der Waals surface area contributed by atoms with Crippen molar-refractivity contribution in [3.63, 3.8) is 0 Å². The van der Waals surface area contributed by atoms with Gasteiger partial charge in [-0.3, -0.25) is 14.4 Å². The van der Waals surface area contributed by atoms with Crippen LogP contribution < -0.4 is 27.4 Å². The first-order chi connectivity index (χ1) is 16.7. The molecule has 0 aromatic rings. The van der Waals surface area contributed by atoms with Crippen molar-refractivity contribution in [3.8, 4) is 0 Å². The van der Waals surface area contributed by atoms with Crippen molar-refractivity contribution >= 4 is 23.8 Å². The van der Waals surface area contributed by atoms with E-state index in [0.717, 1.165) is 0 Å². The first-order valence-electron chi connectivity index (χ1n) is 11.9. The number of urea groups is 1. The number of amides is 5. The molecule has 0 bridgehead atoms. The molecule has 35 heavy (non-hydrogen) atoms. The minimum absolute atomic E-state index is 0.0646. The van der Waals surface area contributed by atoms with Crippen molar-refractivity contribution < 1.29 is 38.1 Å². The van der Waals surface area contributed by atoms with Crippen LogP contribution in [0.1, 0.15) is 40.0 Å². The topological polar surface area (TPSA) is 193 Å². The van der Waals surface area contributed by atoms with Crippen LogP contribution in [0.2, 0.25) is 0 Å². The van der Waals surface area contributed by atoms with Crippen molar-refractivity contribution in [3.05, 3.63) is 0 Å². The Bertz CT molecular complexity index is 621. The number of ether oxygens (including phenoxy) is 4. The molecule has 13 nitrogen and oxygen atoms in total. The third kappa shape index (κ3) is 18.5. The number of hydrogen-bond acceptors (Lipinski definition) is 8. The first kappa shape index (κ1) is 32.5. The molecule has 2 unspecified atom stereocenters. The first-order valence-corrected chi connectivity index (χ1v) is 11.9. The molecule has 0 saturated heterocycles. The van der Waals surface area contributed by atoms with Crippen molar-refractivity contribution in [2.75, 3.05) is 59.4 Å². The molecule has 5 amide bonds. The number of nitrogens with two attached hydrogens (primary N) is 2. The van der Waals surface area contributed by atoms with E-state index in [9.17, 15) is 19.2 Å². The predicted molar refractivity (Wildman–Crippen MR) is 128 cm³/mol. The second kappa shape index (κ2) is 20.9. The largest absolute Gasteiger partial charge is 0.379 e. The summed E-state index contributed by atoms with van der Waals surface area (Å²) < 4.78 is 21.2. The molecule has 0 aliphatic heterocycles. The highest BCUT2D eigenvalue weighted by Gasteiger charge is 2.27. The molecule has 2 atom stereocenters. The van der Waals surface area contributed by atoms with Gasteiger partial charge in [0.05, 0.1) is 46.2 Å². The molecule has 0 aliphatic rings. The van der Waals surface area contributed by atoms with E-state index in [-0.39, 0.29) is 37.8 Å². The smallest absolute Gasteiger partial charge is 0.312 e. The average Bonchev–Trinajstić information content (AvgIpc) is 2.79. The Labute approximate surface area is 207 Å². The zero-order valence-corrected chi connectivity index (χ0v) is 21.1. The fourth-order valence-electron chi connectivity index (χ4n) is 2.81. The Morgan fingerprint density at radius 1 is 0.800 bits per heavy atom. The summed E-state index contributed by atoms with van der Waals surface area (Å²) in [5.74, 6) is -1.81. The molecular formula is C22H43N5O8. The van der Waals surface area contributed by atoms with Gasteiger partial charge in [-0.15, -0.1) is 0 Å². The van der Waals surface area contributed by atoms with Crippen molar-refractivity contribution in [2.24, 2.45) is 17.4 Å². The van der Waals surface area contributed by atoms with E-state index in [4.69, 9.17) is 30.4 Å². The van der Waals surface area contributed by atoms with Gasteiger partial charge in [0.2, 0.25) is 17.7 Å². The molecule has 204 valence electrons. The molecule has 0 rings (SSSR count).